The number of amides is 2. The smallest absolute Gasteiger partial charge is 0.264 e. The van der Waals surface area contributed by atoms with Crippen LogP contribution in [0.4, 0.5) is 5.69 Å². The molecule has 7 nitrogen and oxygen atoms in total. The number of hydrogen-bond donors (Lipinski definition) is 1. The number of nitrogens with zero attached hydrogens (tertiary/aromatic N) is 2. The van der Waals surface area contributed by atoms with Crippen molar-refractivity contribution < 1.29 is 18.0 Å². The van der Waals surface area contributed by atoms with Gasteiger partial charge in [-0.25, -0.2) is 8.42 Å². The van der Waals surface area contributed by atoms with Crippen LogP contribution in [0.1, 0.15) is 50.7 Å². The van der Waals surface area contributed by atoms with E-state index in [1.807, 2.05) is 25.1 Å². The number of carbonyl (C=O) groups excluding carboxylic acids is 2. The molecule has 0 spiro atoms. The molecule has 0 unspecified atom stereocenters. The van der Waals surface area contributed by atoms with E-state index >= 15 is 0 Å². The Morgan fingerprint density at radius 1 is 0.975 bits per heavy atom. The number of carbonyl (C=O) groups is 2. The van der Waals surface area contributed by atoms with E-state index in [1.54, 1.807) is 55.5 Å². The topological polar surface area (TPSA) is 86.8 Å². The third kappa shape index (κ3) is 7.04. The highest BCUT2D eigenvalue weighted by Crippen LogP contribution is 2.28. The molecule has 1 fully saturated rings. The van der Waals surface area contributed by atoms with Gasteiger partial charge in [0.05, 0.1) is 10.6 Å². The number of sulfonamides is 1. The molecule has 1 N–H and O–H groups in total. The molecular formula is C31H36ClN3O4S. The molecule has 1 saturated carbocycles. The maximum Gasteiger partial charge on any atom is 0.264 e. The van der Waals surface area contributed by atoms with Crippen LogP contribution in [0.25, 0.3) is 0 Å². The molecule has 0 aromatic heterocycles. The number of halogens is 1. The molecule has 9 heteroatoms. The van der Waals surface area contributed by atoms with Gasteiger partial charge in [0.15, 0.2) is 0 Å². The van der Waals surface area contributed by atoms with Crippen molar-refractivity contribution in [2.24, 2.45) is 0 Å². The number of hydrogen-bond acceptors (Lipinski definition) is 4. The van der Waals surface area contributed by atoms with Crippen LogP contribution in [-0.4, -0.2) is 43.8 Å². The molecule has 2 amide bonds. The van der Waals surface area contributed by atoms with E-state index in [9.17, 15) is 18.0 Å². The Hall–Kier alpha value is -3.36. The lowest BCUT2D eigenvalue weighted by molar-refractivity contribution is -0.139. The number of para-hydroxylation sites is 1. The quantitative estimate of drug-likeness (QED) is 0.320. The Morgan fingerprint density at radius 2 is 1.65 bits per heavy atom. The molecule has 0 radical (unpaired) electrons. The van der Waals surface area contributed by atoms with Gasteiger partial charge in [-0.15, -0.1) is 0 Å². The highest BCUT2D eigenvalue weighted by Gasteiger charge is 2.34. The monoisotopic (exact) mass is 581 g/mol. The third-order valence-electron chi connectivity index (χ3n) is 7.36. The van der Waals surface area contributed by atoms with Gasteiger partial charge >= 0.3 is 0 Å². The van der Waals surface area contributed by atoms with Crippen molar-refractivity contribution in [3.05, 3.63) is 95.0 Å². The molecule has 4 rings (SSSR count). The first-order chi connectivity index (χ1) is 19.2. The van der Waals surface area contributed by atoms with Crippen molar-refractivity contribution in [1.82, 2.24) is 10.2 Å². The molecule has 0 saturated heterocycles. The maximum atomic E-state index is 14.1. The van der Waals surface area contributed by atoms with Crippen LogP contribution in [0.15, 0.2) is 83.8 Å². The summed E-state index contributed by atoms with van der Waals surface area (Å²) in [5.41, 5.74) is 1.98. The molecule has 40 heavy (non-hydrogen) atoms. The van der Waals surface area contributed by atoms with Crippen molar-refractivity contribution in [3.63, 3.8) is 0 Å². The van der Waals surface area contributed by atoms with Crippen LogP contribution >= 0.6 is 11.6 Å². The zero-order valence-electron chi connectivity index (χ0n) is 22.9. The maximum absolute atomic E-state index is 14.1. The highest BCUT2D eigenvalue weighted by atomic mass is 35.5. The van der Waals surface area contributed by atoms with Gasteiger partial charge in [0, 0.05) is 17.6 Å². The summed E-state index contributed by atoms with van der Waals surface area (Å²) in [5, 5.41) is 3.59. The molecule has 1 aliphatic carbocycles. The number of rotatable bonds is 11. The Morgan fingerprint density at radius 3 is 2.33 bits per heavy atom. The summed E-state index contributed by atoms with van der Waals surface area (Å²) in [6, 6.07) is 21.6. The molecule has 1 atom stereocenters. The van der Waals surface area contributed by atoms with E-state index < -0.39 is 28.5 Å². The van der Waals surface area contributed by atoms with Gasteiger partial charge in [-0.05, 0) is 67.6 Å². The zero-order chi connectivity index (χ0) is 28.7. The minimum atomic E-state index is -4.10. The predicted molar refractivity (Wildman–Crippen MR) is 159 cm³/mol. The molecule has 1 aliphatic rings. The molecule has 3 aromatic rings. The van der Waals surface area contributed by atoms with Gasteiger partial charge in [0.2, 0.25) is 11.8 Å². The van der Waals surface area contributed by atoms with E-state index in [-0.39, 0.29) is 23.4 Å². The van der Waals surface area contributed by atoms with E-state index in [4.69, 9.17) is 11.6 Å². The number of nitrogens with one attached hydrogen (secondary N) is 1. The van der Waals surface area contributed by atoms with Crippen LogP contribution in [0.5, 0.6) is 0 Å². The van der Waals surface area contributed by atoms with Gasteiger partial charge < -0.3 is 10.2 Å². The van der Waals surface area contributed by atoms with Gasteiger partial charge in [-0.3, -0.25) is 13.9 Å². The fraction of sp³-hybridized carbons (Fsp3) is 0.355. The van der Waals surface area contributed by atoms with Crippen LogP contribution < -0.4 is 9.62 Å². The van der Waals surface area contributed by atoms with Crippen LogP contribution in [0.2, 0.25) is 5.02 Å². The van der Waals surface area contributed by atoms with E-state index in [0.29, 0.717) is 17.1 Å². The summed E-state index contributed by atoms with van der Waals surface area (Å²) in [6.07, 6.45) is 4.54. The van der Waals surface area contributed by atoms with Gasteiger partial charge in [0.25, 0.3) is 10.0 Å². The average Bonchev–Trinajstić information content (AvgIpc) is 3.47. The summed E-state index contributed by atoms with van der Waals surface area (Å²) < 4.78 is 29.1. The van der Waals surface area contributed by atoms with E-state index in [0.717, 1.165) is 41.1 Å². The third-order valence-corrected chi connectivity index (χ3v) is 9.37. The largest absolute Gasteiger partial charge is 0.352 e. The average molecular weight is 582 g/mol. The van der Waals surface area contributed by atoms with Gasteiger partial charge in [-0.1, -0.05) is 79.9 Å². The second-order valence-electron chi connectivity index (χ2n) is 10.1. The SMILES string of the molecule is CCc1ccccc1N(CC(=O)N(Cc1cccc(Cl)c1)[C@@H](C)C(=O)NC1CCCC1)S(=O)(=O)c1ccccc1. The minimum Gasteiger partial charge on any atom is -0.352 e. The Labute approximate surface area is 242 Å². The lowest BCUT2D eigenvalue weighted by Crippen LogP contribution is -2.52. The van der Waals surface area contributed by atoms with Gasteiger partial charge in [0.1, 0.15) is 12.6 Å². The summed E-state index contributed by atoms with van der Waals surface area (Å²) in [7, 11) is -4.10. The van der Waals surface area contributed by atoms with E-state index in [1.165, 1.54) is 17.0 Å². The number of aryl methyl sites for hydroxylation is 1. The molecule has 0 aliphatic heterocycles. The Kier molecular flexibility index (Phi) is 9.87. The van der Waals surface area contributed by atoms with Crippen LogP contribution in [0.3, 0.4) is 0 Å². The van der Waals surface area contributed by atoms with Crippen molar-refractivity contribution in [2.75, 3.05) is 10.8 Å². The summed E-state index contributed by atoms with van der Waals surface area (Å²) in [4.78, 5) is 28.9. The zero-order valence-corrected chi connectivity index (χ0v) is 24.5. The van der Waals surface area contributed by atoms with Crippen molar-refractivity contribution in [1.29, 1.82) is 0 Å². The lowest BCUT2D eigenvalue weighted by Gasteiger charge is -2.33. The molecule has 0 heterocycles. The van der Waals surface area contributed by atoms with Crippen molar-refractivity contribution in [2.45, 2.75) is 69.5 Å². The fourth-order valence-electron chi connectivity index (χ4n) is 5.09. The fourth-order valence-corrected chi connectivity index (χ4v) is 6.78. The molecule has 212 valence electrons. The normalized spacial score (nSPS) is 14.5. The molecule has 3 aromatic carbocycles. The van der Waals surface area contributed by atoms with Crippen LogP contribution in [0, 0.1) is 0 Å². The first-order valence-electron chi connectivity index (χ1n) is 13.7. The highest BCUT2D eigenvalue weighted by molar-refractivity contribution is 7.92. The Bertz CT molecular complexity index is 1430. The number of anilines is 1. The van der Waals surface area contributed by atoms with Crippen LogP contribution in [-0.2, 0) is 32.6 Å². The summed E-state index contributed by atoms with van der Waals surface area (Å²) in [5.74, 6) is -0.742. The molecular weight excluding hydrogens is 546 g/mol. The second kappa shape index (κ2) is 13.3. The van der Waals surface area contributed by atoms with Gasteiger partial charge in [-0.2, -0.15) is 0 Å². The lowest BCUT2D eigenvalue weighted by atomic mass is 10.1. The first-order valence-corrected chi connectivity index (χ1v) is 15.5. The van der Waals surface area contributed by atoms with Crippen molar-refractivity contribution >= 4 is 39.1 Å². The summed E-state index contributed by atoms with van der Waals surface area (Å²) in [6.45, 7) is 3.26. The Balaban J connectivity index is 1.70. The second-order valence-corrected chi connectivity index (χ2v) is 12.4. The van der Waals surface area contributed by atoms with Crippen molar-refractivity contribution in [3.8, 4) is 0 Å². The summed E-state index contributed by atoms with van der Waals surface area (Å²) >= 11 is 6.22. The number of benzene rings is 3. The minimum absolute atomic E-state index is 0.0853. The van der Waals surface area contributed by atoms with E-state index in [2.05, 4.69) is 5.32 Å². The molecule has 0 bridgehead atoms. The predicted octanol–water partition coefficient (Wildman–Crippen LogP) is 5.57. The standard InChI is InChI=1S/C31H36ClN3O4S/c1-3-25-13-7-10-19-29(25)35(40(38,39)28-17-5-4-6-18-28)22-30(36)34(21-24-12-11-14-26(32)20-24)23(2)31(37)33-27-15-8-9-16-27/h4-7,10-14,17-20,23,27H,3,8-9,15-16,21-22H2,1-2H3,(H,33,37)/t23-/m0/s1. The first kappa shape index (κ1) is 29.6.